The lowest BCUT2D eigenvalue weighted by Crippen LogP contribution is -2.45. The molecule has 3 aromatic rings. The molecule has 2 aromatic carbocycles. The quantitative estimate of drug-likeness (QED) is 0.613. The number of carbonyl (C=O) groups excluding carboxylic acids is 1. The van der Waals surface area contributed by atoms with Crippen molar-refractivity contribution in [3.63, 3.8) is 0 Å². The highest BCUT2D eigenvalue weighted by atomic mass is 35.5. The molecule has 0 saturated carbocycles. The Balaban J connectivity index is 0.00000240. The number of hydrogen-bond acceptors (Lipinski definition) is 3. The minimum Gasteiger partial charge on any atom is -0.497 e. The van der Waals surface area contributed by atoms with Gasteiger partial charge in [-0.2, -0.15) is 0 Å². The third-order valence-electron chi connectivity index (χ3n) is 5.20. The molecule has 2 heterocycles. The molecule has 6 nitrogen and oxygen atoms in total. The van der Waals surface area contributed by atoms with E-state index in [1.165, 1.54) is 0 Å². The molecule has 0 spiro atoms. The van der Waals surface area contributed by atoms with Gasteiger partial charge in [0.15, 0.2) is 0 Å². The van der Waals surface area contributed by atoms with Gasteiger partial charge in [-0.25, -0.2) is 9.78 Å². The number of amides is 2. The summed E-state index contributed by atoms with van der Waals surface area (Å²) in [6.45, 7) is 5.78. The summed E-state index contributed by atoms with van der Waals surface area (Å²) in [5.41, 5.74) is 3.90. The van der Waals surface area contributed by atoms with Gasteiger partial charge in [0.05, 0.1) is 24.7 Å². The number of urea groups is 1. The van der Waals surface area contributed by atoms with E-state index in [1.54, 1.807) is 7.11 Å². The second-order valence-corrected chi connectivity index (χ2v) is 6.67. The molecule has 2 amide bonds. The Morgan fingerprint density at radius 2 is 1.90 bits per heavy atom. The average molecular weight is 413 g/mol. The van der Waals surface area contributed by atoms with Gasteiger partial charge in [0.2, 0.25) is 0 Å². The molecule has 1 aliphatic heterocycles. The lowest BCUT2D eigenvalue weighted by molar-refractivity contribution is 0.208. The highest BCUT2D eigenvalue weighted by molar-refractivity contribution is 5.97. The van der Waals surface area contributed by atoms with Crippen LogP contribution in [-0.4, -0.2) is 40.7 Å². The molecule has 0 saturated heterocycles. The van der Waals surface area contributed by atoms with Crippen molar-refractivity contribution in [3.05, 3.63) is 54.7 Å². The van der Waals surface area contributed by atoms with Crippen molar-refractivity contribution >= 4 is 24.1 Å². The standard InChI is InChI=1S/C22H24N4O2.ClH/c1-4-24(5-2)22(27)26-15-25-20(18-11-6-7-12-19(18)26)14-23-21(25)16-9-8-10-17(13-16)28-3;/h6-14H,4-5,15H2,1-3H3;1H. The Labute approximate surface area is 177 Å². The van der Waals surface area contributed by atoms with Crippen molar-refractivity contribution in [2.24, 2.45) is 0 Å². The highest BCUT2D eigenvalue weighted by Gasteiger charge is 2.30. The molecule has 1 aliphatic rings. The zero-order valence-corrected chi connectivity index (χ0v) is 17.6. The van der Waals surface area contributed by atoms with Crippen LogP contribution in [0.3, 0.4) is 0 Å². The van der Waals surface area contributed by atoms with E-state index in [-0.39, 0.29) is 18.4 Å². The molecule has 0 atom stereocenters. The first-order valence-electron chi connectivity index (χ1n) is 9.53. The van der Waals surface area contributed by atoms with Gasteiger partial charge >= 0.3 is 6.03 Å². The van der Waals surface area contributed by atoms with Crippen LogP contribution < -0.4 is 9.64 Å². The number of hydrogen-bond donors (Lipinski definition) is 0. The third-order valence-corrected chi connectivity index (χ3v) is 5.20. The van der Waals surface area contributed by atoms with Crippen LogP contribution in [0.1, 0.15) is 13.8 Å². The lowest BCUT2D eigenvalue weighted by atomic mass is 10.1. The van der Waals surface area contributed by atoms with Crippen molar-refractivity contribution in [1.29, 1.82) is 0 Å². The number of rotatable bonds is 4. The van der Waals surface area contributed by atoms with E-state index >= 15 is 0 Å². The van der Waals surface area contributed by atoms with Crippen LogP contribution in [0.5, 0.6) is 5.75 Å². The van der Waals surface area contributed by atoms with Gasteiger partial charge in [-0.05, 0) is 32.0 Å². The van der Waals surface area contributed by atoms with E-state index in [1.807, 2.05) is 78.4 Å². The normalized spacial score (nSPS) is 11.9. The molecular formula is C22H25ClN4O2. The van der Waals surface area contributed by atoms with Gasteiger partial charge in [-0.15, -0.1) is 12.4 Å². The molecule has 0 fully saturated rings. The Kier molecular flexibility index (Phi) is 6.13. The summed E-state index contributed by atoms with van der Waals surface area (Å²) in [5, 5.41) is 0. The minimum atomic E-state index is 0. The molecule has 1 aromatic heterocycles. The van der Waals surface area contributed by atoms with Gasteiger partial charge in [0, 0.05) is 24.2 Å². The molecule has 152 valence electrons. The molecule has 7 heteroatoms. The fraction of sp³-hybridized carbons (Fsp3) is 0.273. The van der Waals surface area contributed by atoms with E-state index < -0.39 is 0 Å². The number of aromatic nitrogens is 2. The Bertz CT molecular complexity index is 1010. The molecule has 0 aliphatic carbocycles. The average Bonchev–Trinajstić information content (AvgIpc) is 3.18. The zero-order chi connectivity index (χ0) is 19.7. The van der Waals surface area contributed by atoms with E-state index in [0.717, 1.165) is 34.1 Å². The first-order valence-corrected chi connectivity index (χ1v) is 9.53. The maximum absolute atomic E-state index is 13.2. The number of nitrogens with zero attached hydrogens (tertiary/aromatic N) is 4. The second-order valence-electron chi connectivity index (χ2n) is 6.67. The Morgan fingerprint density at radius 3 is 2.62 bits per heavy atom. The van der Waals surface area contributed by atoms with Crippen LogP contribution in [-0.2, 0) is 6.67 Å². The molecule has 0 unspecified atom stereocenters. The first kappa shape index (κ1) is 20.7. The molecular weight excluding hydrogens is 388 g/mol. The smallest absolute Gasteiger partial charge is 0.325 e. The number of anilines is 1. The predicted octanol–water partition coefficient (Wildman–Crippen LogP) is 4.89. The molecule has 0 bridgehead atoms. The number of methoxy groups -OCH3 is 1. The fourth-order valence-corrected chi connectivity index (χ4v) is 3.70. The third kappa shape index (κ3) is 3.56. The number of imidazole rings is 1. The topological polar surface area (TPSA) is 50.6 Å². The number of carbonyl (C=O) groups is 1. The maximum Gasteiger partial charge on any atom is 0.325 e. The van der Waals surface area contributed by atoms with Crippen LogP contribution in [0, 0.1) is 0 Å². The summed E-state index contributed by atoms with van der Waals surface area (Å²) < 4.78 is 7.46. The van der Waals surface area contributed by atoms with Crippen molar-refractivity contribution in [2.75, 3.05) is 25.1 Å². The van der Waals surface area contributed by atoms with E-state index in [9.17, 15) is 4.79 Å². The number of para-hydroxylation sites is 1. The zero-order valence-electron chi connectivity index (χ0n) is 16.8. The predicted molar refractivity (Wildman–Crippen MR) is 118 cm³/mol. The van der Waals surface area contributed by atoms with Crippen LogP contribution >= 0.6 is 12.4 Å². The van der Waals surface area contributed by atoms with Crippen molar-refractivity contribution in [3.8, 4) is 28.4 Å². The first-order chi connectivity index (χ1) is 13.7. The SMILES string of the molecule is CCN(CC)C(=O)N1Cn2c(cnc2-c2cccc(OC)c2)-c2ccccc21.Cl. The van der Waals surface area contributed by atoms with Gasteiger partial charge in [0.1, 0.15) is 18.2 Å². The summed E-state index contributed by atoms with van der Waals surface area (Å²) in [4.78, 5) is 21.5. The lowest BCUT2D eigenvalue weighted by Gasteiger charge is -2.35. The summed E-state index contributed by atoms with van der Waals surface area (Å²) in [5.74, 6) is 1.60. The van der Waals surface area contributed by atoms with E-state index in [2.05, 4.69) is 9.55 Å². The number of ether oxygens (including phenoxy) is 1. The number of fused-ring (bicyclic) bond motifs is 3. The van der Waals surface area contributed by atoms with E-state index in [4.69, 9.17) is 4.74 Å². The van der Waals surface area contributed by atoms with Crippen molar-refractivity contribution < 1.29 is 9.53 Å². The van der Waals surface area contributed by atoms with Crippen LogP contribution in [0.2, 0.25) is 0 Å². The summed E-state index contributed by atoms with van der Waals surface area (Å²) in [6, 6.07) is 15.8. The van der Waals surface area contributed by atoms with Gasteiger partial charge in [-0.1, -0.05) is 30.3 Å². The van der Waals surface area contributed by atoms with E-state index in [0.29, 0.717) is 19.8 Å². The summed E-state index contributed by atoms with van der Waals surface area (Å²) in [7, 11) is 1.65. The Hall–Kier alpha value is -2.99. The van der Waals surface area contributed by atoms with Crippen molar-refractivity contribution in [1.82, 2.24) is 14.5 Å². The van der Waals surface area contributed by atoms with Gasteiger partial charge < -0.3 is 14.2 Å². The fourth-order valence-electron chi connectivity index (χ4n) is 3.70. The molecule has 29 heavy (non-hydrogen) atoms. The highest BCUT2D eigenvalue weighted by Crippen LogP contribution is 2.39. The van der Waals surface area contributed by atoms with Crippen molar-refractivity contribution in [2.45, 2.75) is 20.5 Å². The summed E-state index contributed by atoms with van der Waals surface area (Å²) >= 11 is 0. The maximum atomic E-state index is 13.2. The van der Waals surface area contributed by atoms with Crippen LogP contribution in [0.25, 0.3) is 22.6 Å². The summed E-state index contributed by atoms with van der Waals surface area (Å²) in [6.07, 6.45) is 1.88. The van der Waals surface area contributed by atoms with Gasteiger partial charge in [-0.3, -0.25) is 4.90 Å². The monoisotopic (exact) mass is 412 g/mol. The number of benzene rings is 2. The Morgan fingerprint density at radius 1 is 1.14 bits per heavy atom. The number of halogens is 1. The van der Waals surface area contributed by atoms with Gasteiger partial charge in [0.25, 0.3) is 0 Å². The largest absolute Gasteiger partial charge is 0.497 e. The minimum absolute atomic E-state index is 0. The van der Waals surface area contributed by atoms with Crippen LogP contribution in [0.4, 0.5) is 10.5 Å². The molecule has 0 N–H and O–H groups in total. The van der Waals surface area contributed by atoms with Crippen LogP contribution in [0.15, 0.2) is 54.7 Å². The molecule has 4 rings (SSSR count). The molecule has 0 radical (unpaired) electrons. The second kappa shape index (κ2) is 8.57.